The van der Waals surface area contributed by atoms with Crippen molar-refractivity contribution in [2.45, 2.75) is 32.6 Å². The topological polar surface area (TPSA) is 53.2 Å². The number of hydrogen-bond acceptors (Lipinski definition) is 2. The minimum absolute atomic E-state index is 0.0148. The van der Waals surface area contributed by atoms with E-state index in [1.54, 1.807) is 0 Å². The van der Waals surface area contributed by atoms with Crippen LogP contribution in [0.5, 0.6) is 0 Å². The number of amides is 1. The predicted molar refractivity (Wildman–Crippen MR) is 105 cm³/mol. The fourth-order valence-electron chi connectivity index (χ4n) is 2.98. The van der Waals surface area contributed by atoms with E-state index < -0.39 is 0 Å². The molecule has 1 fully saturated rings. The Bertz CT molecular complexity index is 773. The molecule has 1 aliphatic rings. The second-order valence-corrected chi connectivity index (χ2v) is 6.85. The summed E-state index contributed by atoms with van der Waals surface area (Å²) in [4.78, 5) is 12.3. The van der Waals surface area contributed by atoms with Crippen molar-refractivity contribution in [3.8, 4) is 0 Å². The molecule has 130 valence electrons. The van der Waals surface area contributed by atoms with E-state index in [9.17, 15) is 4.79 Å². The number of carbonyl (C=O) groups is 1. The lowest BCUT2D eigenvalue weighted by Crippen LogP contribution is -2.44. The number of benzene rings is 2. The van der Waals surface area contributed by atoms with Crippen LogP contribution in [0.2, 0.25) is 0 Å². The molecule has 0 unspecified atom stereocenters. The van der Waals surface area contributed by atoms with Crippen LogP contribution < -0.4 is 16.2 Å². The molecule has 0 saturated heterocycles. The molecule has 3 rings (SSSR count). The van der Waals surface area contributed by atoms with Crippen LogP contribution in [-0.4, -0.2) is 11.0 Å². The van der Waals surface area contributed by atoms with Gasteiger partial charge in [-0.15, -0.1) is 0 Å². The normalized spacial score (nSPS) is 18.3. The Morgan fingerprint density at radius 1 is 1.12 bits per heavy atom. The lowest BCUT2D eigenvalue weighted by atomic mass is 10.1. The summed E-state index contributed by atoms with van der Waals surface area (Å²) >= 11 is 5.27. The van der Waals surface area contributed by atoms with E-state index in [4.69, 9.17) is 12.2 Å². The molecule has 5 heteroatoms. The average Bonchev–Trinajstić information content (AvgIpc) is 3.41. The molecule has 1 aliphatic carbocycles. The fraction of sp³-hybridized carbons (Fsp3) is 0.300. The molecule has 4 nitrogen and oxygen atoms in total. The van der Waals surface area contributed by atoms with Gasteiger partial charge in [-0.2, -0.15) is 0 Å². The highest BCUT2D eigenvalue weighted by Crippen LogP contribution is 2.47. The average molecular weight is 353 g/mol. The molecular weight excluding hydrogens is 330 g/mol. The maximum Gasteiger partial charge on any atom is 0.242 e. The van der Waals surface area contributed by atoms with Crippen molar-refractivity contribution in [1.82, 2.24) is 10.9 Å². The van der Waals surface area contributed by atoms with Gasteiger partial charge < -0.3 is 5.32 Å². The first-order chi connectivity index (χ1) is 12.1. The van der Waals surface area contributed by atoms with Gasteiger partial charge in [0.2, 0.25) is 5.91 Å². The van der Waals surface area contributed by atoms with Crippen molar-refractivity contribution >= 4 is 28.9 Å². The maximum absolute atomic E-state index is 12.3. The molecule has 0 heterocycles. The highest BCUT2D eigenvalue weighted by Gasteiger charge is 2.43. The zero-order chi connectivity index (χ0) is 17.8. The van der Waals surface area contributed by atoms with Crippen LogP contribution >= 0.6 is 12.2 Å². The number of nitrogens with one attached hydrogen (secondary N) is 3. The van der Waals surface area contributed by atoms with Gasteiger partial charge in [0.05, 0.1) is 0 Å². The van der Waals surface area contributed by atoms with Gasteiger partial charge in [-0.25, -0.2) is 0 Å². The summed E-state index contributed by atoms with van der Waals surface area (Å²) in [5.41, 5.74) is 10.1. The summed E-state index contributed by atoms with van der Waals surface area (Å²) < 4.78 is 0. The van der Waals surface area contributed by atoms with Gasteiger partial charge in [-0.3, -0.25) is 15.6 Å². The van der Waals surface area contributed by atoms with Crippen LogP contribution in [0.4, 0.5) is 5.69 Å². The zero-order valence-corrected chi connectivity index (χ0v) is 15.3. The second kappa shape index (κ2) is 7.66. The van der Waals surface area contributed by atoms with Crippen LogP contribution in [-0.2, 0) is 11.2 Å². The smallest absolute Gasteiger partial charge is 0.242 e. The van der Waals surface area contributed by atoms with Gasteiger partial charge >= 0.3 is 0 Å². The van der Waals surface area contributed by atoms with Crippen LogP contribution in [0.25, 0.3) is 0 Å². The summed E-state index contributed by atoms with van der Waals surface area (Å²) in [5.74, 6) is 0.309. The maximum atomic E-state index is 12.3. The minimum atomic E-state index is -0.0153. The number of rotatable bonds is 4. The highest BCUT2D eigenvalue weighted by molar-refractivity contribution is 7.80. The molecule has 25 heavy (non-hydrogen) atoms. The third-order valence-electron chi connectivity index (χ3n) is 4.58. The lowest BCUT2D eigenvalue weighted by Gasteiger charge is -2.14. The summed E-state index contributed by atoms with van der Waals surface area (Å²) in [7, 11) is 0. The number of para-hydroxylation sites is 1. The van der Waals surface area contributed by atoms with Crippen molar-refractivity contribution in [1.29, 1.82) is 0 Å². The van der Waals surface area contributed by atoms with E-state index in [2.05, 4.69) is 60.3 Å². The summed E-state index contributed by atoms with van der Waals surface area (Å²) in [6, 6.07) is 16.4. The molecule has 3 N–H and O–H groups in total. The third-order valence-corrected chi connectivity index (χ3v) is 4.78. The van der Waals surface area contributed by atoms with Crippen LogP contribution in [0.15, 0.2) is 48.5 Å². The first kappa shape index (κ1) is 17.4. The molecule has 2 aromatic rings. The van der Waals surface area contributed by atoms with E-state index in [1.165, 1.54) is 16.7 Å². The Hall–Kier alpha value is -2.40. The fourth-order valence-corrected chi connectivity index (χ4v) is 3.14. The number of hydrogen-bond donors (Lipinski definition) is 3. The molecule has 2 aromatic carbocycles. The third kappa shape index (κ3) is 4.37. The number of hydrazine groups is 1. The van der Waals surface area contributed by atoms with Gasteiger partial charge in [-0.05, 0) is 55.1 Å². The number of thiocarbonyl (C=S) groups is 1. The zero-order valence-electron chi connectivity index (χ0n) is 14.5. The largest absolute Gasteiger partial charge is 0.331 e. The van der Waals surface area contributed by atoms with Gasteiger partial charge in [0.1, 0.15) is 0 Å². The number of anilines is 1. The van der Waals surface area contributed by atoms with Crippen LogP contribution in [0, 0.1) is 12.8 Å². The second-order valence-electron chi connectivity index (χ2n) is 6.44. The Kier molecular flexibility index (Phi) is 5.34. The van der Waals surface area contributed by atoms with E-state index in [0.29, 0.717) is 11.0 Å². The molecular formula is C20H23N3OS. The first-order valence-corrected chi connectivity index (χ1v) is 9.00. The van der Waals surface area contributed by atoms with Crippen molar-refractivity contribution in [3.05, 3.63) is 65.2 Å². The van der Waals surface area contributed by atoms with Crippen LogP contribution in [0.3, 0.4) is 0 Å². The molecule has 0 aliphatic heterocycles. The Balaban J connectivity index is 1.48. The van der Waals surface area contributed by atoms with E-state index in [1.807, 2.05) is 18.2 Å². The molecule has 1 saturated carbocycles. The van der Waals surface area contributed by atoms with Crippen LogP contribution in [0.1, 0.15) is 36.0 Å². The van der Waals surface area contributed by atoms with Crippen molar-refractivity contribution in [2.75, 3.05) is 5.32 Å². The van der Waals surface area contributed by atoms with Crippen molar-refractivity contribution < 1.29 is 4.79 Å². The van der Waals surface area contributed by atoms with Gasteiger partial charge in [0.25, 0.3) is 0 Å². The summed E-state index contributed by atoms with van der Waals surface area (Å²) in [6.07, 6.45) is 1.80. The van der Waals surface area contributed by atoms with Gasteiger partial charge in [0.15, 0.2) is 5.11 Å². The molecule has 0 aromatic heterocycles. The lowest BCUT2D eigenvalue weighted by molar-refractivity contribution is -0.122. The summed E-state index contributed by atoms with van der Waals surface area (Å²) in [5, 5.41) is 3.52. The van der Waals surface area contributed by atoms with Gasteiger partial charge in [-0.1, -0.05) is 55.0 Å². The molecule has 0 bridgehead atoms. The monoisotopic (exact) mass is 353 g/mol. The number of carbonyl (C=O) groups excluding carboxylic acids is 1. The Morgan fingerprint density at radius 2 is 1.84 bits per heavy atom. The SMILES string of the molecule is CCc1ccccc1NC(=S)NNC(=O)[C@@H]1C[C@H]1c1ccc(C)cc1. The first-order valence-electron chi connectivity index (χ1n) is 8.59. The quantitative estimate of drug-likeness (QED) is 0.580. The molecule has 0 radical (unpaired) electrons. The van der Waals surface area contributed by atoms with Crippen molar-refractivity contribution in [3.63, 3.8) is 0 Å². The summed E-state index contributed by atoms with van der Waals surface area (Å²) in [6.45, 7) is 4.16. The highest BCUT2D eigenvalue weighted by atomic mass is 32.1. The van der Waals surface area contributed by atoms with E-state index >= 15 is 0 Å². The molecule has 1 amide bonds. The molecule has 2 atom stereocenters. The van der Waals surface area contributed by atoms with Crippen molar-refractivity contribution in [2.24, 2.45) is 5.92 Å². The molecule has 0 spiro atoms. The standard InChI is InChI=1S/C20H23N3OS/c1-3-14-6-4-5-7-18(14)21-20(25)23-22-19(24)17-12-16(17)15-10-8-13(2)9-11-15/h4-11,16-17H,3,12H2,1-2H3,(H,22,24)(H2,21,23,25)/t16-,17+/m0/s1. The Morgan fingerprint density at radius 3 is 2.56 bits per heavy atom. The van der Waals surface area contributed by atoms with E-state index in [0.717, 1.165) is 18.5 Å². The van der Waals surface area contributed by atoms with E-state index in [-0.39, 0.29) is 11.8 Å². The minimum Gasteiger partial charge on any atom is -0.331 e. The number of aryl methyl sites for hydroxylation is 2. The Labute approximate surface area is 154 Å². The van der Waals surface area contributed by atoms with Gasteiger partial charge in [0, 0.05) is 11.6 Å². The predicted octanol–water partition coefficient (Wildman–Crippen LogP) is 3.68.